The van der Waals surface area contributed by atoms with Gasteiger partial charge >= 0.3 is 0 Å². The van der Waals surface area contributed by atoms with E-state index in [0.717, 1.165) is 80.0 Å². The van der Waals surface area contributed by atoms with Crippen LogP contribution >= 0.6 is 36.4 Å². The number of morpholine rings is 1. The smallest absolute Gasteiger partial charge is 0.166 e. The Hall–Kier alpha value is -1.21. The molecule has 30 heavy (non-hydrogen) atoms. The number of ether oxygens (including phenoxy) is 3. The molecule has 2 aromatic carbocycles. The minimum Gasteiger partial charge on any atom is -0.493 e. The molecular formula is C22H31Cl3N2O3. The van der Waals surface area contributed by atoms with Gasteiger partial charge in [-0.1, -0.05) is 35.9 Å². The Bertz CT molecular complexity index is 726. The number of rotatable bonds is 10. The average molecular weight is 478 g/mol. The normalized spacial score (nSPS) is 13.8. The minimum atomic E-state index is 0. The highest BCUT2D eigenvalue weighted by atomic mass is 35.5. The molecule has 1 aliphatic heterocycles. The molecule has 0 unspecified atom stereocenters. The fourth-order valence-corrected chi connectivity index (χ4v) is 3.36. The van der Waals surface area contributed by atoms with E-state index in [4.69, 9.17) is 25.8 Å². The lowest BCUT2D eigenvalue weighted by Crippen LogP contribution is -2.37. The van der Waals surface area contributed by atoms with Gasteiger partial charge in [-0.05, 0) is 43.3 Å². The molecular weight excluding hydrogens is 447 g/mol. The fraction of sp³-hybridized carbons (Fsp3) is 0.455. The van der Waals surface area contributed by atoms with Crippen molar-refractivity contribution in [2.24, 2.45) is 0 Å². The van der Waals surface area contributed by atoms with Crippen molar-refractivity contribution in [3.63, 3.8) is 0 Å². The zero-order valence-corrected chi connectivity index (χ0v) is 19.7. The van der Waals surface area contributed by atoms with Crippen LogP contribution in [0.1, 0.15) is 17.5 Å². The molecule has 0 amide bonds. The number of nitrogens with zero attached hydrogens (tertiary/aromatic N) is 1. The molecule has 0 radical (unpaired) electrons. The molecule has 1 heterocycles. The van der Waals surface area contributed by atoms with E-state index in [1.165, 1.54) is 0 Å². The molecule has 5 nitrogen and oxygen atoms in total. The molecule has 1 fully saturated rings. The summed E-state index contributed by atoms with van der Waals surface area (Å²) >= 11 is 5.96. The molecule has 8 heteroatoms. The van der Waals surface area contributed by atoms with E-state index in [2.05, 4.69) is 16.3 Å². The molecule has 1 saturated heterocycles. The number of para-hydroxylation sites is 1. The number of methoxy groups -OCH3 is 1. The topological polar surface area (TPSA) is 43.0 Å². The Morgan fingerprint density at radius 1 is 1.07 bits per heavy atom. The summed E-state index contributed by atoms with van der Waals surface area (Å²) in [5, 5.41) is 4.25. The Kier molecular flexibility index (Phi) is 13.2. The number of benzene rings is 2. The highest BCUT2D eigenvalue weighted by Gasteiger charge is 2.12. The van der Waals surface area contributed by atoms with Gasteiger partial charge in [-0.25, -0.2) is 0 Å². The first kappa shape index (κ1) is 26.8. The van der Waals surface area contributed by atoms with E-state index in [1.54, 1.807) is 7.11 Å². The molecule has 0 saturated carbocycles. The zero-order valence-electron chi connectivity index (χ0n) is 17.3. The number of hydrogen-bond acceptors (Lipinski definition) is 5. The van der Waals surface area contributed by atoms with Crippen LogP contribution in [0.25, 0.3) is 0 Å². The summed E-state index contributed by atoms with van der Waals surface area (Å²) in [6.45, 7) is 7.08. The van der Waals surface area contributed by atoms with Gasteiger partial charge in [0, 0.05) is 30.2 Å². The molecule has 168 valence electrons. The van der Waals surface area contributed by atoms with Gasteiger partial charge in [0.15, 0.2) is 11.5 Å². The summed E-state index contributed by atoms with van der Waals surface area (Å²) in [7, 11) is 1.67. The van der Waals surface area contributed by atoms with Crippen molar-refractivity contribution in [2.45, 2.75) is 19.6 Å². The molecule has 1 N–H and O–H groups in total. The second kappa shape index (κ2) is 14.7. The molecule has 0 spiro atoms. The monoisotopic (exact) mass is 476 g/mol. The van der Waals surface area contributed by atoms with Crippen LogP contribution in [-0.2, 0) is 17.9 Å². The van der Waals surface area contributed by atoms with Gasteiger partial charge in [0.05, 0.1) is 20.3 Å². The van der Waals surface area contributed by atoms with E-state index in [9.17, 15) is 0 Å². The maximum absolute atomic E-state index is 6.11. The van der Waals surface area contributed by atoms with Crippen LogP contribution in [-0.4, -0.2) is 51.4 Å². The summed E-state index contributed by atoms with van der Waals surface area (Å²) in [5.74, 6) is 1.54. The molecule has 0 aliphatic carbocycles. The van der Waals surface area contributed by atoms with Gasteiger partial charge in [0.25, 0.3) is 0 Å². The average Bonchev–Trinajstić information content (AvgIpc) is 2.74. The highest BCUT2D eigenvalue weighted by Crippen LogP contribution is 2.32. The van der Waals surface area contributed by atoms with Crippen molar-refractivity contribution in [2.75, 3.05) is 46.5 Å². The van der Waals surface area contributed by atoms with Crippen molar-refractivity contribution >= 4 is 36.4 Å². The predicted octanol–water partition coefficient (Wildman–Crippen LogP) is 4.58. The Morgan fingerprint density at radius 3 is 2.50 bits per heavy atom. The summed E-state index contributed by atoms with van der Waals surface area (Å²) < 4.78 is 17.0. The van der Waals surface area contributed by atoms with Crippen LogP contribution < -0.4 is 14.8 Å². The van der Waals surface area contributed by atoms with Crippen LogP contribution in [0.4, 0.5) is 0 Å². The van der Waals surface area contributed by atoms with Crippen LogP contribution in [0.3, 0.4) is 0 Å². The lowest BCUT2D eigenvalue weighted by Gasteiger charge is -2.26. The first-order chi connectivity index (χ1) is 13.8. The lowest BCUT2D eigenvalue weighted by atomic mass is 10.1. The highest BCUT2D eigenvalue weighted by molar-refractivity contribution is 6.30. The van der Waals surface area contributed by atoms with Gasteiger partial charge in [-0.2, -0.15) is 0 Å². The van der Waals surface area contributed by atoms with Crippen molar-refractivity contribution in [3.05, 3.63) is 58.6 Å². The Balaban J connectivity index is 0.00000225. The standard InChI is InChI=1S/C22H29ClN2O3.2ClH/c1-26-21-5-2-4-19(16-24-10-3-11-25-12-14-27-15-13-25)22(21)28-17-18-6-8-20(23)9-7-18;;/h2,4-9,24H,3,10-17H2,1H3;2*1H. The SMILES string of the molecule is COc1cccc(CNCCCN2CCOCC2)c1OCc1ccc(Cl)cc1.Cl.Cl. The summed E-state index contributed by atoms with van der Waals surface area (Å²) in [6, 6.07) is 13.7. The lowest BCUT2D eigenvalue weighted by molar-refractivity contribution is 0.0374. The van der Waals surface area contributed by atoms with Gasteiger partial charge < -0.3 is 19.5 Å². The predicted molar refractivity (Wildman–Crippen MR) is 127 cm³/mol. The van der Waals surface area contributed by atoms with Gasteiger partial charge in [-0.3, -0.25) is 4.90 Å². The van der Waals surface area contributed by atoms with Crippen molar-refractivity contribution in [3.8, 4) is 11.5 Å². The Labute approximate surface area is 196 Å². The van der Waals surface area contributed by atoms with Crippen LogP contribution in [0.2, 0.25) is 5.02 Å². The molecule has 3 rings (SSSR count). The molecule has 1 aliphatic rings. The first-order valence-electron chi connectivity index (χ1n) is 9.80. The maximum Gasteiger partial charge on any atom is 0.166 e. The van der Waals surface area contributed by atoms with Gasteiger partial charge in [-0.15, -0.1) is 24.8 Å². The van der Waals surface area contributed by atoms with E-state index in [0.29, 0.717) is 6.61 Å². The van der Waals surface area contributed by atoms with Crippen molar-refractivity contribution in [1.82, 2.24) is 10.2 Å². The van der Waals surface area contributed by atoms with Gasteiger partial charge in [0.1, 0.15) is 6.61 Å². The Morgan fingerprint density at radius 2 is 1.80 bits per heavy atom. The third-order valence-corrected chi connectivity index (χ3v) is 5.08. The molecule has 0 atom stereocenters. The first-order valence-corrected chi connectivity index (χ1v) is 10.2. The van der Waals surface area contributed by atoms with Crippen molar-refractivity contribution in [1.29, 1.82) is 0 Å². The minimum absolute atomic E-state index is 0. The zero-order chi connectivity index (χ0) is 19.6. The van der Waals surface area contributed by atoms with E-state index in [1.807, 2.05) is 36.4 Å². The second-order valence-electron chi connectivity index (χ2n) is 6.85. The van der Waals surface area contributed by atoms with Crippen molar-refractivity contribution < 1.29 is 14.2 Å². The molecule has 0 bridgehead atoms. The number of nitrogens with one attached hydrogen (secondary N) is 1. The van der Waals surface area contributed by atoms with Crippen LogP contribution in [0.15, 0.2) is 42.5 Å². The van der Waals surface area contributed by atoms with E-state index in [-0.39, 0.29) is 24.8 Å². The summed E-state index contributed by atoms with van der Waals surface area (Å²) in [6.07, 6.45) is 1.12. The largest absolute Gasteiger partial charge is 0.493 e. The fourth-order valence-electron chi connectivity index (χ4n) is 3.24. The van der Waals surface area contributed by atoms with Crippen LogP contribution in [0.5, 0.6) is 11.5 Å². The summed E-state index contributed by atoms with van der Waals surface area (Å²) in [4.78, 5) is 2.46. The maximum atomic E-state index is 6.11. The molecule has 0 aromatic heterocycles. The third-order valence-electron chi connectivity index (χ3n) is 4.82. The number of hydrogen-bond donors (Lipinski definition) is 1. The quantitative estimate of drug-likeness (QED) is 0.507. The third kappa shape index (κ3) is 8.50. The van der Waals surface area contributed by atoms with E-state index < -0.39 is 0 Å². The molecule has 2 aromatic rings. The second-order valence-corrected chi connectivity index (χ2v) is 7.28. The number of halogens is 3. The van der Waals surface area contributed by atoms with E-state index >= 15 is 0 Å². The van der Waals surface area contributed by atoms with Gasteiger partial charge in [0.2, 0.25) is 0 Å². The summed E-state index contributed by atoms with van der Waals surface area (Å²) in [5.41, 5.74) is 2.17. The van der Waals surface area contributed by atoms with Crippen LogP contribution in [0, 0.1) is 0 Å².